The van der Waals surface area contributed by atoms with Crippen LogP contribution in [0.4, 0.5) is 11.4 Å². The topological polar surface area (TPSA) is 87.0 Å². The minimum absolute atomic E-state index is 0.0838. The van der Waals surface area contributed by atoms with Crippen LogP contribution >= 0.6 is 0 Å². The van der Waals surface area contributed by atoms with Crippen molar-refractivity contribution in [3.63, 3.8) is 0 Å². The first-order valence-electron chi connectivity index (χ1n) is 4.38. The Morgan fingerprint density at radius 2 is 2.36 bits per heavy atom. The van der Waals surface area contributed by atoms with Gasteiger partial charge in [-0.3, -0.25) is 5.10 Å². The van der Waals surface area contributed by atoms with Crippen molar-refractivity contribution in [3.05, 3.63) is 18.3 Å². The zero-order valence-electron chi connectivity index (χ0n) is 7.62. The van der Waals surface area contributed by atoms with Gasteiger partial charge in [0.25, 0.3) is 0 Å². The molecule has 74 valence electrons. The van der Waals surface area contributed by atoms with E-state index in [9.17, 15) is 0 Å². The molecule has 14 heavy (non-hydrogen) atoms. The highest BCUT2D eigenvalue weighted by Crippen LogP contribution is 2.24. The molecule has 0 unspecified atom stereocenters. The first-order chi connectivity index (χ1) is 6.81. The zero-order valence-corrected chi connectivity index (χ0v) is 7.62. The Balaban J connectivity index is 2.38. The van der Waals surface area contributed by atoms with E-state index in [4.69, 9.17) is 10.8 Å². The van der Waals surface area contributed by atoms with Gasteiger partial charge >= 0.3 is 0 Å². The number of fused-ring (bicyclic) bond motifs is 1. The molecule has 0 bridgehead atoms. The number of H-pyrrole nitrogens is 1. The van der Waals surface area contributed by atoms with Crippen LogP contribution in [0.3, 0.4) is 0 Å². The third-order valence-corrected chi connectivity index (χ3v) is 2.04. The van der Waals surface area contributed by atoms with Crippen LogP contribution in [0.5, 0.6) is 0 Å². The fraction of sp³-hybridized carbons (Fsp3) is 0.222. The van der Waals surface area contributed by atoms with Crippen molar-refractivity contribution < 1.29 is 5.11 Å². The summed E-state index contributed by atoms with van der Waals surface area (Å²) in [6.45, 7) is 0.574. The highest BCUT2D eigenvalue weighted by molar-refractivity contribution is 5.88. The molecule has 0 fully saturated rings. The van der Waals surface area contributed by atoms with Gasteiger partial charge in [-0.2, -0.15) is 5.10 Å². The summed E-state index contributed by atoms with van der Waals surface area (Å²) in [5.41, 5.74) is 8.21. The number of anilines is 2. The summed E-state index contributed by atoms with van der Waals surface area (Å²) in [6, 6.07) is 3.73. The predicted octanol–water partition coefficient (Wildman–Crippen LogP) is 0.549. The highest BCUT2D eigenvalue weighted by Gasteiger charge is 2.02. The van der Waals surface area contributed by atoms with Gasteiger partial charge in [0.05, 0.1) is 29.7 Å². The lowest BCUT2D eigenvalue weighted by atomic mass is 10.2. The van der Waals surface area contributed by atoms with E-state index in [-0.39, 0.29) is 6.61 Å². The number of nitrogens with two attached hydrogens (primary N) is 1. The molecule has 0 radical (unpaired) electrons. The average Bonchev–Trinajstić information content (AvgIpc) is 2.61. The molecule has 0 aliphatic heterocycles. The van der Waals surface area contributed by atoms with E-state index in [2.05, 4.69) is 15.5 Å². The second-order valence-electron chi connectivity index (χ2n) is 3.05. The second kappa shape index (κ2) is 3.55. The van der Waals surface area contributed by atoms with Gasteiger partial charge in [-0.05, 0) is 12.1 Å². The molecular formula is C9H12N4O. The molecule has 0 saturated carbocycles. The minimum atomic E-state index is 0.0838. The lowest BCUT2D eigenvalue weighted by Gasteiger charge is -2.07. The Labute approximate surface area is 80.9 Å². The molecule has 0 atom stereocenters. The number of aliphatic hydroxyl groups excluding tert-OH is 1. The van der Waals surface area contributed by atoms with Gasteiger partial charge in [-0.15, -0.1) is 0 Å². The number of hydrogen-bond donors (Lipinski definition) is 4. The first kappa shape index (κ1) is 8.83. The van der Waals surface area contributed by atoms with Gasteiger partial charge < -0.3 is 16.2 Å². The van der Waals surface area contributed by atoms with E-state index >= 15 is 0 Å². The normalized spacial score (nSPS) is 10.6. The summed E-state index contributed by atoms with van der Waals surface area (Å²) in [7, 11) is 0. The Kier molecular flexibility index (Phi) is 2.24. The molecule has 0 spiro atoms. The number of benzene rings is 1. The zero-order chi connectivity index (χ0) is 9.97. The minimum Gasteiger partial charge on any atom is -0.397 e. The molecule has 5 N–H and O–H groups in total. The van der Waals surface area contributed by atoms with Gasteiger partial charge in [-0.25, -0.2) is 0 Å². The average molecular weight is 192 g/mol. The van der Waals surface area contributed by atoms with Crippen LogP contribution < -0.4 is 11.1 Å². The van der Waals surface area contributed by atoms with E-state index in [1.807, 2.05) is 12.1 Å². The number of aliphatic hydroxyl groups is 1. The molecule has 0 aliphatic rings. The Hall–Kier alpha value is -1.75. The van der Waals surface area contributed by atoms with Crippen LogP contribution in [0.15, 0.2) is 18.3 Å². The van der Waals surface area contributed by atoms with Crippen molar-refractivity contribution >= 4 is 22.3 Å². The summed E-state index contributed by atoms with van der Waals surface area (Å²) >= 11 is 0. The van der Waals surface area contributed by atoms with Crippen LogP contribution in [0.2, 0.25) is 0 Å². The summed E-state index contributed by atoms with van der Waals surface area (Å²) in [5, 5.41) is 19.4. The molecule has 0 saturated heterocycles. The van der Waals surface area contributed by atoms with Gasteiger partial charge in [0.15, 0.2) is 0 Å². The van der Waals surface area contributed by atoms with E-state index < -0.39 is 0 Å². The van der Waals surface area contributed by atoms with Gasteiger partial charge in [0.2, 0.25) is 0 Å². The lowest BCUT2D eigenvalue weighted by Crippen LogP contribution is -2.07. The number of nitrogens with zero attached hydrogens (tertiary/aromatic N) is 1. The van der Waals surface area contributed by atoms with E-state index in [0.717, 1.165) is 16.6 Å². The third-order valence-electron chi connectivity index (χ3n) is 2.04. The second-order valence-corrected chi connectivity index (χ2v) is 3.05. The summed E-state index contributed by atoms with van der Waals surface area (Å²) < 4.78 is 0. The molecule has 2 aromatic rings. The van der Waals surface area contributed by atoms with Crippen LogP contribution in [0.25, 0.3) is 10.9 Å². The van der Waals surface area contributed by atoms with Crippen molar-refractivity contribution in [3.8, 4) is 0 Å². The third kappa shape index (κ3) is 1.49. The smallest absolute Gasteiger partial charge is 0.0672 e. The lowest BCUT2D eigenvalue weighted by molar-refractivity contribution is 0.311. The maximum atomic E-state index is 8.67. The quantitative estimate of drug-likeness (QED) is 0.535. The number of rotatable bonds is 3. The Morgan fingerprint density at radius 1 is 1.50 bits per heavy atom. The molecular weight excluding hydrogens is 180 g/mol. The van der Waals surface area contributed by atoms with Crippen molar-refractivity contribution in [2.45, 2.75) is 0 Å². The summed E-state index contributed by atoms with van der Waals surface area (Å²) in [6.07, 6.45) is 1.72. The van der Waals surface area contributed by atoms with E-state index in [1.165, 1.54) is 0 Å². The highest BCUT2D eigenvalue weighted by atomic mass is 16.3. The monoisotopic (exact) mass is 192 g/mol. The van der Waals surface area contributed by atoms with Crippen molar-refractivity contribution in [1.82, 2.24) is 10.2 Å². The largest absolute Gasteiger partial charge is 0.397 e. The van der Waals surface area contributed by atoms with Crippen LogP contribution in [-0.4, -0.2) is 28.5 Å². The summed E-state index contributed by atoms with van der Waals surface area (Å²) in [5.74, 6) is 0. The molecule has 0 aliphatic carbocycles. The van der Waals surface area contributed by atoms with Gasteiger partial charge in [0, 0.05) is 11.9 Å². The fourth-order valence-electron chi connectivity index (χ4n) is 1.35. The molecule has 1 heterocycles. The fourth-order valence-corrected chi connectivity index (χ4v) is 1.35. The van der Waals surface area contributed by atoms with Crippen LogP contribution in [0, 0.1) is 0 Å². The number of nitrogen functional groups attached to an aromatic ring is 1. The molecule has 0 amide bonds. The molecule has 5 nitrogen and oxygen atoms in total. The number of aromatic nitrogens is 2. The number of hydrogen-bond acceptors (Lipinski definition) is 4. The maximum absolute atomic E-state index is 8.67. The molecule has 2 rings (SSSR count). The van der Waals surface area contributed by atoms with Crippen molar-refractivity contribution in [1.29, 1.82) is 0 Å². The number of aromatic amines is 1. The molecule has 5 heteroatoms. The van der Waals surface area contributed by atoms with E-state index in [0.29, 0.717) is 12.2 Å². The number of nitrogens with one attached hydrogen (secondary N) is 2. The van der Waals surface area contributed by atoms with Crippen molar-refractivity contribution in [2.24, 2.45) is 0 Å². The molecule has 1 aromatic carbocycles. The van der Waals surface area contributed by atoms with E-state index in [1.54, 1.807) is 6.20 Å². The molecule has 1 aromatic heterocycles. The Bertz CT molecular complexity index is 437. The Morgan fingerprint density at radius 3 is 3.14 bits per heavy atom. The van der Waals surface area contributed by atoms with Gasteiger partial charge in [0.1, 0.15) is 0 Å². The van der Waals surface area contributed by atoms with Crippen LogP contribution in [0.1, 0.15) is 0 Å². The maximum Gasteiger partial charge on any atom is 0.0672 e. The predicted molar refractivity (Wildman–Crippen MR) is 56.1 cm³/mol. The first-order valence-corrected chi connectivity index (χ1v) is 4.38. The summed E-state index contributed by atoms with van der Waals surface area (Å²) in [4.78, 5) is 0. The van der Waals surface area contributed by atoms with Crippen LogP contribution in [-0.2, 0) is 0 Å². The van der Waals surface area contributed by atoms with Crippen molar-refractivity contribution in [2.75, 3.05) is 24.2 Å². The van der Waals surface area contributed by atoms with Gasteiger partial charge in [-0.1, -0.05) is 0 Å². The standard InChI is InChI=1S/C9H12N4O/c10-7-3-6-5-12-13-8(6)4-9(7)11-1-2-14/h3-5,11,14H,1-2,10H2,(H,12,13). The SMILES string of the molecule is Nc1cc2cn[nH]c2cc1NCCO.